The van der Waals surface area contributed by atoms with Gasteiger partial charge in [0.05, 0.1) is 5.56 Å². The van der Waals surface area contributed by atoms with Crippen molar-refractivity contribution in [2.24, 2.45) is 7.05 Å². The molecule has 0 saturated carbocycles. The van der Waals surface area contributed by atoms with Gasteiger partial charge in [-0.2, -0.15) is 0 Å². The fraction of sp³-hybridized carbons (Fsp3) is 0.364. The summed E-state index contributed by atoms with van der Waals surface area (Å²) in [6, 6.07) is 0. The molecule has 2 rings (SSSR count). The molecule has 2 aromatic rings. The maximum Gasteiger partial charge on any atom is 0.331 e. The first-order valence-electron chi connectivity index (χ1n) is 5.50. The molecular formula is C11H12N4O4. The van der Waals surface area contributed by atoms with Gasteiger partial charge in [-0.3, -0.25) is 18.7 Å². The van der Waals surface area contributed by atoms with Crippen LogP contribution in [-0.4, -0.2) is 25.1 Å². The van der Waals surface area contributed by atoms with Gasteiger partial charge in [0, 0.05) is 20.2 Å². The molecule has 0 aliphatic heterocycles. The minimum absolute atomic E-state index is 0.00801. The van der Waals surface area contributed by atoms with Gasteiger partial charge in [0.25, 0.3) is 5.56 Å². The summed E-state index contributed by atoms with van der Waals surface area (Å²) >= 11 is 0. The number of aromatic nitrogens is 4. The Kier molecular flexibility index (Phi) is 3.16. The Morgan fingerprint density at radius 3 is 2.58 bits per heavy atom. The highest BCUT2D eigenvalue weighted by atomic mass is 16.4. The van der Waals surface area contributed by atoms with Crippen molar-refractivity contribution >= 4 is 5.78 Å². The van der Waals surface area contributed by atoms with Crippen molar-refractivity contribution in [2.75, 3.05) is 0 Å². The molecule has 0 bridgehead atoms. The number of hydrogen-bond donors (Lipinski definition) is 0. The van der Waals surface area contributed by atoms with Gasteiger partial charge in [-0.1, -0.05) is 0 Å². The largest absolute Gasteiger partial charge is 0.424 e. The van der Waals surface area contributed by atoms with Crippen molar-refractivity contribution in [2.45, 2.75) is 20.4 Å². The van der Waals surface area contributed by atoms with Gasteiger partial charge in [-0.15, -0.1) is 10.2 Å². The summed E-state index contributed by atoms with van der Waals surface area (Å²) in [7, 11) is 1.31. The van der Waals surface area contributed by atoms with Gasteiger partial charge in [0.15, 0.2) is 5.78 Å². The summed E-state index contributed by atoms with van der Waals surface area (Å²) in [5, 5.41) is 7.40. The van der Waals surface area contributed by atoms with E-state index in [0.717, 1.165) is 4.57 Å². The van der Waals surface area contributed by atoms with E-state index in [1.807, 2.05) is 0 Å². The quantitative estimate of drug-likeness (QED) is 0.692. The molecule has 0 aromatic carbocycles. The minimum atomic E-state index is -0.615. The maximum absolute atomic E-state index is 11.9. The lowest BCUT2D eigenvalue weighted by atomic mass is 10.2. The number of carbonyl (C=O) groups excluding carboxylic acids is 1. The second kappa shape index (κ2) is 4.63. The van der Waals surface area contributed by atoms with Gasteiger partial charge in [-0.25, -0.2) is 4.79 Å². The fourth-order valence-electron chi connectivity index (χ4n) is 1.63. The third-order valence-electron chi connectivity index (χ3n) is 2.61. The van der Waals surface area contributed by atoms with Crippen LogP contribution in [-0.2, 0) is 13.6 Å². The van der Waals surface area contributed by atoms with Crippen molar-refractivity contribution in [3.05, 3.63) is 44.4 Å². The smallest absolute Gasteiger partial charge is 0.331 e. The van der Waals surface area contributed by atoms with E-state index in [9.17, 15) is 14.4 Å². The van der Waals surface area contributed by atoms with Gasteiger partial charge in [0.2, 0.25) is 11.8 Å². The number of hydrogen-bond acceptors (Lipinski definition) is 6. The van der Waals surface area contributed by atoms with Crippen LogP contribution in [0, 0.1) is 6.92 Å². The van der Waals surface area contributed by atoms with E-state index in [1.165, 1.54) is 24.7 Å². The molecule has 0 amide bonds. The molecule has 8 nitrogen and oxygen atoms in total. The van der Waals surface area contributed by atoms with Crippen LogP contribution in [0.4, 0.5) is 0 Å². The lowest BCUT2D eigenvalue weighted by Crippen LogP contribution is -2.40. The second-order valence-corrected chi connectivity index (χ2v) is 4.09. The van der Waals surface area contributed by atoms with Crippen LogP contribution < -0.4 is 11.2 Å². The Hall–Kier alpha value is -2.51. The average Bonchev–Trinajstić information content (AvgIpc) is 2.75. The minimum Gasteiger partial charge on any atom is -0.424 e. The van der Waals surface area contributed by atoms with Crippen LogP contribution in [0.2, 0.25) is 0 Å². The van der Waals surface area contributed by atoms with Gasteiger partial charge in [0.1, 0.15) is 6.54 Å². The molecule has 100 valence electrons. The van der Waals surface area contributed by atoms with Crippen molar-refractivity contribution in [3.8, 4) is 0 Å². The first-order chi connectivity index (χ1) is 8.90. The van der Waals surface area contributed by atoms with E-state index < -0.39 is 17.0 Å². The number of nitrogens with zero attached hydrogens (tertiary/aromatic N) is 4. The van der Waals surface area contributed by atoms with Crippen LogP contribution in [0.3, 0.4) is 0 Å². The summed E-state index contributed by atoms with van der Waals surface area (Å²) in [5.41, 5.74) is -1.22. The predicted octanol–water partition coefficient (Wildman–Crippen LogP) is -0.511. The summed E-state index contributed by atoms with van der Waals surface area (Å²) in [4.78, 5) is 35.0. The molecule has 0 aliphatic rings. The molecule has 0 aliphatic carbocycles. The highest BCUT2D eigenvalue weighted by Gasteiger charge is 2.14. The summed E-state index contributed by atoms with van der Waals surface area (Å²) < 4.78 is 7.22. The third kappa shape index (κ3) is 2.37. The Balaban J connectivity index is 2.55. The number of carbonyl (C=O) groups is 1. The Bertz CT molecular complexity index is 753. The molecule has 0 radical (unpaired) electrons. The van der Waals surface area contributed by atoms with E-state index >= 15 is 0 Å². The summed E-state index contributed by atoms with van der Waals surface area (Å²) in [6.07, 6.45) is 1.21. The molecule has 0 unspecified atom stereocenters. The van der Waals surface area contributed by atoms with Crippen LogP contribution in [0.1, 0.15) is 29.1 Å². The number of ketones is 1. The second-order valence-electron chi connectivity index (χ2n) is 4.09. The lowest BCUT2D eigenvalue weighted by molar-refractivity contribution is 0.101. The molecular weight excluding hydrogens is 252 g/mol. The van der Waals surface area contributed by atoms with Gasteiger partial charge < -0.3 is 4.42 Å². The molecule has 8 heteroatoms. The third-order valence-corrected chi connectivity index (χ3v) is 2.61. The number of rotatable bonds is 3. The van der Waals surface area contributed by atoms with Gasteiger partial charge >= 0.3 is 5.69 Å². The highest BCUT2D eigenvalue weighted by Crippen LogP contribution is 2.00. The molecule has 0 spiro atoms. The Morgan fingerprint density at radius 2 is 2.05 bits per heavy atom. The van der Waals surface area contributed by atoms with E-state index in [-0.39, 0.29) is 18.0 Å². The zero-order valence-electron chi connectivity index (χ0n) is 10.7. The molecule has 0 N–H and O–H groups in total. The van der Waals surface area contributed by atoms with Crippen molar-refractivity contribution in [1.29, 1.82) is 0 Å². The van der Waals surface area contributed by atoms with E-state index in [2.05, 4.69) is 10.2 Å². The standard InChI is InChI=1S/C11H12N4O4/c1-6(16)8-4-15(11(18)14(3)10(8)17)5-9-13-12-7(2)19-9/h4H,5H2,1-3H3. The van der Waals surface area contributed by atoms with Crippen LogP contribution in [0.5, 0.6) is 0 Å². The average molecular weight is 264 g/mol. The zero-order valence-corrected chi connectivity index (χ0v) is 10.7. The fourth-order valence-corrected chi connectivity index (χ4v) is 1.63. The van der Waals surface area contributed by atoms with Crippen molar-refractivity contribution in [3.63, 3.8) is 0 Å². The topological polar surface area (TPSA) is 100.0 Å². The van der Waals surface area contributed by atoms with Crippen LogP contribution in [0.15, 0.2) is 20.2 Å². The predicted molar refractivity (Wildman–Crippen MR) is 64.1 cm³/mol. The molecule has 0 atom stereocenters. The summed E-state index contributed by atoms with van der Waals surface area (Å²) in [5.74, 6) is 0.198. The maximum atomic E-state index is 11.9. The molecule has 19 heavy (non-hydrogen) atoms. The van der Waals surface area contributed by atoms with E-state index in [4.69, 9.17) is 4.42 Å². The number of aryl methyl sites for hydroxylation is 1. The zero-order chi connectivity index (χ0) is 14.2. The van der Waals surface area contributed by atoms with Crippen LogP contribution in [0.25, 0.3) is 0 Å². The molecule has 0 fully saturated rings. The SMILES string of the molecule is CC(=O)c1cn(Cc2nnc(C)o2)c(=O)n(C)c1=O. The van der Waals surface area contributed by atoms with Gasteiger partial charge in [-0.05, 0) is 6.92 Å². The molecule has 2 heterocycles. The van der Waals surface area contributed by atoms with Crippen molar-refractivity contribution in [1.82, 2.24) is 19.3 Å². The van der Waals surface area contributed by atoms with Crippen molar-refractivity contribution < 1.29 is 9.21 Å². The summed E-state index contributed by atoms with van der Waals surface area (Å²) in [6.45, 7) is 2.90. The van der Waals surface area contributed by atoms with Crippen LogP contribution >= 0.6 is 0 Å². The Labute approximate surface area is 107 Å². The van der Waals surface area contributed by atoms with E-state index in [1.54, 1.807) is 6.92 Å². The van der Waals surface area contributed by atoms with E-state index in [0.29, 0.717) is 5.89 Å². The molecule has 2 aromatic heterocycles. The molecule has 0 saturated heterocycles. The first kappa shape index (κ1) is 12.9. The lowest BCUT2D eigenvalue weighted by Gasteiger charge is -2.06. The Morgan fingerprint density at radius 1 is 1.37 bits per heavy atom. The monoisotopic (exact) mass is 264 g/mol. The highest BCUT2D eigenvalue weighted by molar-refractivity contribution is 5.93. The first-order valence-corrected chi connectivity index (χ1v) is 5.50. The number of Topliss-reactive ketones (excluding diaryl/α,β-unsaturated/α-hetero) is 1. The normalized spacial score (nSPS) is 10.7.